The van der Waals surface area contributed by atoms with Crippen LogP contribution in [-0.2, 0) is 0 Å². The maximum absolute atomic E-state index is 11.6. The van der Waals surface area contributed by atoms with E-state index in [9.17, 15) is 4.79 Å². The van der Waals surface area contributed by atoms with Crippen molar-refractivity contribution in [3.63, 3.8) is 0 Å². The van der Waals surface area contributed by atoms with Crippen LogP contribution in [0.15, 0.2) is 16.8 Å². The van der Waals surface area contributed by atoms with Crippen molar-refractivity contribution in [1.29, 1.82) is 0 Å². The third kappa shape index (κ3) is 3.73. The van der Waals surface area contributed by atoms with Crippen LogP contribution in [0.4, 0.5) is 0 Å². The average Bonchev–Trinajstić information content (AvgIpc) is 2.50. The molecule has 0 radical (unpaired) electrons. The van der Waals surface area contributed by atoms with Crippen LogP contribution in [0.2, 0.25) is 0 Å². The molecule has 0 atom stereocenters. The van der Waals surface area contributed by atoms with E-state index >= 15 is 0 Å². The van der Waals surface area contributed by atoms with E-state index in [1.807, 2.05) is 16.8 Å². The van der Waals surface area contributed by atoms with Gasteiger partial charge in [-0.05, 0) is 23.3 Å². The normalized spacial score (nSPS) is 11.6. The molecular formula is C11H16OS. The van der Waals surface area contributed by atoms with Crippen molar-refractivity contribution >= 4 is 17.1 Å². The van der Waals surface area contributed by atoms with Gasteiger partial charge in [0, 0.05) is 17.4 Å². The predicted molar refractivity (Wildman–Crippen MR) is 57.3 cm³/mol. The fourth-order valence-corrected chi connectivity index (χ4v) is 1.72. The summed E-state index contributed by atoms with van der Waals surface area (Å²) in [7, 11) is 0. The van der Waals surface area contributed by atoms with E-state index in [1.54, 1.807) is 11.3 Å². The number of thiophene rings is 1. The minimum absolute atomic E-state index is 0.256. The second-order valence-corrected chi connectivity index (χ2v) is 5.28. The lowest BCUT2D eigenvalue weighted by atomic mass is 9.89. The van der Waals surface area contributed by atoms with Gasteiger partial charge >= 0.3 is 0 Å². The standard InChI is InChI=1S/C11H16OS/c1-11(2,3)6-4-10(12)9-5-7-13-8-9/h5,7-8H,4,6H2,1-3H3. The van der Waals surface area contributed by atoms with Crippen molar-refractivity contribution in [3.05, 3.63) is 22.4 Å². The molecule has 0 bridgehead atoms. The van der Waals surface area contributed by atoms with Crippen LogP contribution in [0.1, 0.15) is 44.0 Å². The van der Waals surface area contributed by atoms with Crippen LogP contribution < -0.4 is 0 Å². The van der Waals surface area contributed by atoms with Gasteiger partial charge in [0.05, 0.1) is 0 Å². The summed E-state index contributed by atoms with van der Waals surface area (Å²) in [4.78, 5) is 11.6. The highest BCUT2D eigenvalue weighted by atomic mass is 32.1. The predicted octanol–water partition coefficient (Wildman–Crippen LogP) is 3.76. The van der Waals surface area contributed by atoms with Crippen molar-refractivity contribution in [2.75, 3.05) is 0 Å². The summed E-state index contributed by atoms with van der Waals surface area (Å²) in [6.45, 7) is 6.48. The lowest BCUT2D eigenvalue weighted by molar-refractivity contribution is 0.0966. The summed E-state index contributed by atoms with van der Waals surface area (Å²) in [6, 6.07) is 1.90. The second kappa shape index (κ2) is 4.05. The van der Waals surface area contributed by atoms with Crippen LogP contribution in [0, 0.1) is 5.41 Å². The smallest absolute Gasteiger partial charge is 0.163 e. The molecule has 13 heavy (non-hydrogen) atoms. The molecule has 0 spiro atoms. The molecule has 0 saturated carbocycles. The molecule has 0 amide bonds. The Kier molecular flexibility index (Phi) is 3.26. The Morgan fingerprint density at radius 3 is 2.62 bits per heavy atom. The Bertz CT molecular complexity index is 267. The van der Waals surface area contributed by atoms with Crippen molar-refractivity contribution in [1.82, 2.24) is 0 Å². The highest BCUT2D eigenvalue weighted by molar-refractivity contribution is 7.08. The molecule has 1 nitrogen and oxygen atoms in total. The molecule has 0 fully saturated rings. The first kappa shape index (κ1) is 10.5. The summed E-state index contributed by atoms with van der Waals surface area (Å²) >= 11 is 1.58. The Hall–Kier alpha value is -0.630. The molecule has 1 heterocycles. The van der Waals surface area contributed by atoms with E-state index in [0.717, 1.165) is 12.0 Å². The zero-order valence-electron chi connectivity index (χ0n) is 8.46. The van der Waals surface area contributed by atoms with Crippen LogP contribution in [0.3, 0.4) is 0 Å². The first-order valence-electron chi connectivity index (χ1n) is 4.54. The Morgan fingerprint density at radius 1 is 1.46 bits per heavy atom. The SMILES string of the molecule is CC(C)(C)CCC(=O)c1ccsc1. The van der Waals surface area contributed by atoms with Gasteiger partial charge in [0.1, 0.15) is 0 Å². The molecule has 2 heteroatoms. The fraction of sp³-hybridized carbons (Fsp3) is 0.545. The van der Waals surface area contributed by atoms with Crippen molar-refractivity contribution in [2.24, 2.45) is 5.41 Å². The number of carbonyl (C=O) groups is 1. The van der Waals surface area contributed by atoms with Gasteiger partial charge in [-0.15, -0.1) is 0 Å². The Morgan fingerprint density at radius 2 is 2.15 bits per heavy atom. The van der Waals surface area contributed by atoms with Gasteiger partial charge < -0.3 is 0 Å². The molecule has 1 aromatic rings. The van der Waals surface area contributed by atoms with E-state index in [-0.39, 0.29) is 11.2 Å². The number of hydrogen-bond donors (Lipinski definition) is 0. The third-order valence-electron chi connectivity index (χ3n) is 1.95. The zero-order chi connectivity index (χ0) is 9.90. The Balaban J connectivity index is 2.44. The highest BCUT2D eigenvalue weighted by Gasteiger charge is 2.13. The molecule has 0 aliphatic heterocycles. The molecule has 0 aliphatic rings. The molecule has 1 rings (SSSR count). The minimum atomic E-state index is 0.256. The van der Waals surface area contributed by atoms with Gasteiger partial charge in [0.25, 0.3) is 0 Å². The summed E-state index contributed by atoms with van der Waals surface area (Å²) in [5.74, 6) is 0.274. The summed E-state index contributed by atoms with van der Waals surface area (Å²) in [5, 5.41) is 3.87. The molecule has 0 aromatic carbocycles. The number of rotatable bonds is 3. The van der Waals surface area contributed by atoms with E-state index in [2.05, 4.69) is 20.8 Å². The van der Waals surface area contributed by atoms with Gasteiger partial charge in [0.15, 0.2) is 5.78 Å². The first-order chi connectivity index (χ1) is 5.99. The van der Waals surface area contributed by atoms with Crippen LogP contribution >= 0.6 is 11.3 Å². The lowest BCUT2D eigenvalue weighted by Gasteiger charge is -2.16. The lowest BCUT2D eigenvalue weighted by Crippen LogP contribution is -2.08. The summed E-state index contributed by atoms with van der Waals surface area (Å²) < 4.78 is 0. The molecule has 1 aromatic heterocycles. The number of carbonyl (C=O) groups excluding carboxylic acids is 1. The van der Waals surface area contributed by atoms with E-state index in [0.29, 0.717) is 6.42 Å². The van der Waals surface area contributed by atoms with Crippen LogP contribution in [0.5, 0.6) is 0 Å². The van der Waals surface area contributed by atoms with E-state index < -0.39 is 0 Å². The molecule has 0 aliphatic carbocycles. The maximum Gasteiger partial charge on any atom is 0.163 e. The monoisotopic (exact) mass is 196 g/mol. The number of hydrogen-bond acceptors (Lipinski definition) is 2. The summed E-state index contributed by atoms with van der Waals surface area (Å²) in [5.41, 5.74) is 1.13. The second-order valence-electron chi connectivity index (χ2n) is 4.50. The molecule has 72 valence electrons. The van der Waals surface area contributed by atoms with Gasteiger partial charge in [-0.2, -0.15) is 11.3 Å². The maximum atomic E-state index is 11.6. The van der Waals surface area contributed by atoms with Crippen LogP contribution in [-0.4, -0.2) is 5.78 Å². The topological polar surface area (TPSA) is 17.1 Å². The van der Waals surface area contributed by atoms with Crippen molar-refractivity contribution < 1.29 is 4.79 Å². The van der Waals surface area contributed by atoms with E-state index in [1.165, 1.54) is 0 Å². The Labute approximate surface area is 83.8 Å². The molecular weight excluding hydrogens is 180 g/mol. The van der Waals surface area contributed by atoms with Gasteiger partial charge in [-0.1, -0.05) is 20.8 Å². The first-order valence-corrected chi connectivity index (χ1v) is 5.49. The van der Waals surface area contributed by atoms with Gasteiger partial charge in [0.2, 0.25) is 0 Å². The number of ketones is 1. The molecule has 0 saturated heterocycles. The zero-order valence-corrected chi connectivity index (χ0v) is 9.28. The third-order valence-corrected chi connectivity index (χ3v) is 2.63. The van der Waals surface area contributed by atoms with Crippen molar-refractivity contribution in [2.45, 2.75) is 33.6 Å². The minimum Gasteiger partial charge on any atom is -0.294 e. The highest BCUT2D eigenvalue weighted by Crippen LogP contribution is 2.22. The van der Waals surface area contributed by atoms with E-state index in [4.69, 9.17) is 0 Å². The average molecular weight is 196 g/mol. The fourth-order valence-electron chi connectivity index (χ4n) is 1.06. The van der Waals surface area contributed by atoms with Gasteiger partial charge in [-0.3, -0.25) is 4.79 Å². The summed E-state index contributed by atoms with van der Waals surface area (Å²) in [6.07, 6.45) is 1.63. The van der Waals surface area contributed by atoms with Gasteiger partial charge in [-0.25, -0.2) is 0 Å². The van der Waals surface area contributed by atoms with Crippen molar-refractivity contribution in [3.8, 4) is 0 Å². The number of Topliss-reactive ketones (excluding diaryl/α,β-unsaturated/α-hetero) is 1. The largest absolute Gasteiger partial charge is 0.294 e. The molecule has 0 unspecified atom stereocenters. The quantitative estimate of drug-likeness (QED) is 0.673. The van der Waals surface area contributed by atoms with Crippen LogP contribution in [0.25, 0.3) is 0 Å². The molecule has 0 N–H and O–H groups in total.